The zero-order valence-corrected chi connectivity index (χ0v) is 10.1. The van der Waals surface area contributed by atoms with Gasteiger partial charge in [0.1, 0.15) is 0 Å². The standard InChI is InChI=1S/C13H17N3O2/c14-13(17)16-15-7-11-3-1-2-4-12(11)9-18-8-10-5-6-10/h1-4,7,10H,5-6,8-9H2,(H3,14,16,17). The van der Waals surface area contributed by atoms with E-state index >= 15 is 0 Å². The fraction of sp³-hybridized carbons (Fsp3) is 0.385. The fourth-order valence-electron chi connectivity index (χ4n) is 1.58. The third-order valence-electron chi connectivity index (χ3n) is 2.74. The molecule has 96 valence electrons. The molecule has 0 heterocycles. The monoisotopic (exact) mass is 247 g/mol. The number of primary amides is 1. The van der Waals surface area contributed by atoms with Crippen molar-refractivity contribution >= 4 is 12.2 Å². The van der Waals surface area contributed by atoms with Crippen molar-refractivity contribution in [2.24, 2.45) is 16.8 Å². The first-order chi connectivity index (χ1) is 8.75. The molecule has 1 saturated carbocycles. The molecule has 3 N–H and O–H groups in total. The van der Waals surface area contributed by atoms with Gasteiger partial charge >= 0.3 is 6.03 Å². The molecular weight excluding hydrogens is 230 g/mol. The van der Waals surface area contributed by atoms with Crippen LogP contribution < -0.4 is 11.2 Å². The summed E-state index contributed by atoms with van der Waals surface area (Å²) in [5.41, 5.74) is 9.07. The summed E-state index contributed by atoms with van der Waals surface area (Å²) < 4.78 is 5.64. The molecule has 2 amide bonds. The number of urea groups is 1. The number of hydrazone groups is 1. The number of carbonyl (C=O) groups is 1. The molecule has 5 heteroatoms. The molecule has 18 heavy (non-hydrogen) atoms. The van der Waals surface area contributed by atoms with Gasteiger partial charge < -0.3 is 10.5 Å². The van der Waals surface area contributed by atoms with Crippen molar-refractivity contribution in [3.05, 3.63) is 35.4 Å². The van der Waals surface area contributed by atoms with Crippen LogP contribution in [0.5, 0.6) is 0 Å². The minimum atomic E-state index is -0.672. The van der Waals surface area contributed by atoms with E-state index in [1.165, 1.54) is 12.8 Å². The van der Waals surface area contributed by atoms with Gasteiger partial charge in [0.25, 0.3) is 0 Å². The molecule has 1 aromatic carbocycles. The Hall–Kier alpha value is -1.88. The predicted octanol–water partition coefficient (Wildman–Crippen LogP) is 1.62. The van der Waals surface area contributed by atoms with Crippen LogP contribution in [0.15, 0.2) is 29.4 Å². The van der Waals surface area contributed by atoms with Crippen LogP contribution in [-0.4, -0.2) is 18.9 Å². The van der Waals surface area contributed by atoms with Crippen LogP contribution in [0.1, 0.15) is 24.0 Å². The van der Waals surface area contributed by atoms with Gasteiger partial charge in [0.05, 0.1) is 12.8 Å². The number of amides is 2. The number of rotatable bonds is 6. The van der Waals surface area contributed by atoms with E-state index in [2.05, 4.69) is 10.5 Å². The molecule has 0 spiro atoms. The highest BCUT2D eigenvalue weighted by Crippen LogP contribution is 2.29. The molecule has 1 aliphatic carbocycles. The molecule has 0 atom stereocenters. The lowest BCUT2D eigenvalue weighted by molar-refractivity contribution is 0.111. The normalized spacial score (nSPS) is 14.9. The first kappa shape index (κ1) is 12.6. The highest BCUT2D eigenvalue weighted by Gasteiger charge is 2.21. The van der Waals surface area contributed by atoms with Gasteiger partial charge in [-0.1, -0.05) is 24.3 Å². The molecular formula is C13H17N3O2. The number of nitrogens with zero attached hydrogens (tertiary/aromatic N) is 1. The summed E-state index contributed by atoms with van der Waals surface area (Å²) in [7, 11) is 0. The Bertz CT molecular complexity index is 442. The summed E-state index contributed by atoms with van der Waals surface area (Å²) in [6.45, 7) is 1.39. The topological polar surface area (TPSA) is 76.7 Å². The van der Waals surface area contributed by atoms with Crippen LogP contribution in [0, 0.1) is 5.92 Å². The average molecular weight is 247 g/mol. The van der Waals surface area contributed by atoms with E-state index in [9.17, 15) is 4.79 Å². The van der Waals surface area contributed by atoms with Crippen LogP contribution in [0.4, 0.5) is 4.79 Å². The zero-order valence-electron chi connectivity index (χ0n) is 10.1. The van der Waals surface area contributed by atoms with Gasteiger partial charge in [0, 0.05) is 12.2 Å². The summed E-state index contributed by atoms with van der Waals surface area (Å²) in [6.07, 6.45) is 4.14. The smallest absolute Gasteiger partial charge is 0.332 e. The predicted molar refractivity (Wildman–Crippen MR) is 69.1 cm³/mol. The second-order valence-electron chi connectivity index (χ2n) is 4.39. The number of nitrogens with two attached hydrogens (primary N) is 1. The van der Waals surface area contributed by atoms with Gasteiger partial charge in [-0.15, -0.1) is 0 Å². The van der Waals surface area contributed by atoms with Gasteiger partial charge in [-0.05, 0) is 24.3 Å². The third kappa shape index (κ3) is 4.18. The van der Waals surface area contributed by atoms with E-state index in [0.29, 0.717) is 6.61 Å². The van der Waals surface area contributed by atoms with E-state index < -0.39 is 6.03 Å². The van der Waals surface area contributed by atoms with Gasteiger partial charge in [-0.25, -0.2) is 10.2 Å². The second kappa shape index (κ2) is 6.16. The number of carbonyl (C=O) groups excluding carboxylic acids is 1. The second-order valence-corrected chi connectivity index (χ2v) is 4.39. The van der Waals surface area contributed by atoms with Crippen molar-refractivity contribution in [3.63, 3.8) is 0 Å². The summed E-state index contributed by atoms with van der Waals surface area (Å²) in [6, 6.07) is 7.10. The Morgan fingerprint density at radius 2 is 2.28 bits per heavy atom. The van der Waals surface area contributed by atoms with Crippen LogP contribution >= 0.6 is 0 Å². The molecule has 1 aliphatic rings. The van der Waals surface area contributed by atoms with Gasteiger partial charge in [-0.2, -0.15) is 5.10 Å². The summed E-state index contributed by atoms with van der Waals surface area (Å²) in [5, 5.41) is 3.75. The van der Waals surface area contributed by atoms with Crippen molar-refractivity contribution in [2.45, 2.75) is 19.4 Å². The van der Waals surface area contributed by atoms with Crippen LogP contribution in [-0.2, 0) is 11.3 Å². The lowest BCUT2D eigenvalue weighted by Crippen LogP contribution is -2.24. The Morgan fingerprint density at radius 3 is 3.00 bits per heavy atom. The van der Waals surface area contributed by atoms with E-state index in [-0.39, 0.29) is 0 Å². The van der Waals surface area contributed by atoms with Crippen molar-refractivity contribution in [1.29, 1.82) is 0 Å². The number of ether oxygens (including phenoxy) is 1. The number of hydrogen-bond donors (Lipinski definition) is 2. The highest BCUT2D eigenvalue weighted by atomic mass is 16.5. The number of nitrogens with one attached hydrogen (secondary N) is 1. The molecule has 1 aromatic rings. The average Bonchev–Trinajstić information content (AvgIpc) is 3.15. The molecule has 0 aromatic heterocycles. The molecule has 0 radical (unpaired) electrons. The van der Waals surface area contributed by atoms with Crippen molar-refractivity contribution in [3.8, 4) is 0 Å². The molecule has 0 aliphatic heterocycles. The number of benzene rings is 1. The van der Waals surface area contributed by atoms with Gasteiger partial charge in [0.2, 0.25) is 0 Å². The maximum Gasteiger partial charge on any atom is 0.332 e. The minimum Gasteiger partial charge on any atom is -0.376 e. The largest absolute Gasteiger partial charge is 0.376 e. The quantitative estimate of drug-likeness (QED) is 0.592. The lowest BCUT2D eigenvalue weighted by atomic mass is 10.1. The highest BCUT2D eigenvalue weighted by molar-refractivity contribution is 5.83. The Kier molecular flexibility index (Phi) is 4.30. The maximum atomic E-state index is 10.5. The summed E-state index contributed by atoms with van der Waals surface area (Å²) in [4.78, 5) is 10.5. The van der Waals surface area contributed by atoms with Crippen molar-refractivity contribution in [2.75, 3.05) is 6.61 Å². The first-order valence-electron chi connectivity index (χ1n) is 6.00. The van der Waals surface area contributed by atoms with E-state index in [1.54, 1.807) is 6.21 Å². The maximum absolute atomic E-state index is 10.5. The zero-order chi connectivity index (χ0) is 12.8. The van der Waals surface area contributed by atoms with Crippen LogP contribution in [0.25, 0.3) is 0 Å². The molecule has 0 unspecified atom stereocenters. The van der Waals surface area contributed by atoms with Gasteiger partial charge in [0.15, 0.2) is 0 Å². The summed E-state index contributed by atoms with van der Waals surface area (Å²) in [5.74, 6) is 0.752. The lowest BCUT2D eigenvalue weighted by Gasteiger charge is -2.06. The molecule has 2 rings (SSSR count). The van der Waals surface area contributed by atoms with E-state index in [0.717, 1.165) is 23.7 Å². The van der Waals surface area contributed by atoms with Crippen molar-refractivity contribution in [1.82, 2.24) is 5.43 Å². The fourth-order valence-corrected chi connectivity index (χ4v) is 1.58. The Morgan fingerprint density at radius 1 is 1.50 bits per heavy atom. The molecule has 0 saturated heterocycles. The SMILES string of the molecule is NC(=O)NN=Cc1ccccc1COCC1CC1. The first-order valence-corrected chi connectivity index (χ1v) is 6.00. The minimum absolute atomic E-state index is 0.565. The summed E-state index contributed by atoms with van der Waals surface area (Å²) >= 11 is 0. The van der Waals surface area contributed by atoms with E-state index in [4.69, 9.17) is 10.5 Å². The molecule has 0 bridgehead atoms. The third-order valence-corrected chi connectivity index (χ3v) is 2.74. The van der Waals surface area contributed by atoms with E-state index in [1.807, 2.05) is 24.3 Å². The number of hydrogen-bond acceptors (Lipinski definition) is 3. The Labute approximate surface area is 106 Å². The Balaban J connectivity index is 1.90. The van der Waals surface area contributed by atoms with Crippen LogP contribution in [0.3, 0.4) is 0 Å². The van der Waals surface area contributed by atoms with Gasteiger partial charge in [-0.3, -0.25) is 0 Å². The van der Waals surface area contributed by atoms with Crippen LogP contribution in [0.2, 0.25) is 0 Å². The van der Waals surface area contributed by atoms with Crippen molar-refractivity contribution < 1.29 is 9.53 Å². The molecule has 1 fully saturated rings. The molecule has 5 nitrogen and oxygen atoms in total.